The fraction of sp³-hybridized carbons (Fsp3) is 0.565. The minimum absolute atomic E-state index is 0.0706. The van der Waals surface area contributed by atoms with Crippen molar-refractivity contribution >= 4 is 5.91 Å². The lowest BCUT2D eigenvalue weighted by molar-refractivity contribution is 0.0741. The van der Waals surface area contributed by atoms with Gasteiger partial charge in [-0.15, -0.1) is 0 Å². The quantitative estimate of drug-likeness (QED) is 0.754. The van der Waals surface area contributed by atoms with Gasteiger partial charge >= 0.3 is 0 Å². The lowest BCUT2D eigenvalue weighted by atomic mass is 10.1. The summed E-state index contributed by atoms with van der Waals surface area (Å²) in [5.74, 6) is 0.513. The van der Waals surface area contributed by atoms with Gasteiger partial charge in [0.1, 0.15) is 0 Å². The molecule has 0 bridgehead atoms. The van der Waals surface area contributed by atoms with Crippen LogP contribution in [0, 0.1) is 12.8 Å². The van der Waals surface area contributed by atoms with Crippen LogP contribution in [0.2, 0.25) is 0 Å². The summed E-state index contributed by atoms with van der Waals surface area (Å²) in [5, 5.41) is 4.68. The number of hydrogen-bond acceptors (Lipinski definition) is 3. The van der Waals surface area contributed by atoms with Gasteiger partial charge < -0.3 is 4.90 Å². The highest BCUT2D eigenvalue weighted by atomic mass is 16.2. The number of carbonyl (C=O) groups is 1. The van der Waals surface area contributed by atoms with Crippen molar-refractivity contribution in [1.82, 2.24) is 19.6 Å². The van der Waals surface area contributed by atoms with E-state index in [1.807, 2.05) is 15.6 Å². The summed E-state index contributed by atoms with van der Waals surface area (Å²) in [6.07, 6.45) is 2.06. The van der Waals surface area contributed by atoms with E-state index in [1.165, 1.54) is 5.56 Å². The van der Waals surface area contributed by atoms with Gasteiger partial charge in [0.25, 0.3) is 5.91 Å². The molecule has 3 rings (SSSR count). The van der Waals surface area contributed by atoms with Crippen LogP contribution in [0.25, 0.3) is 0 Å². The van der Waals surface area contributed by atoms with Gasteiger partial charge in [-0.3, -0.25) is 14.4 Å². The monoisotopic (exact) mass is 382 g/mol. The van der Waals surface area contributed by atoms with Crippen molar-refractivity contribution in [3.63, 3.8) is 0 Å². The van der Waals surface area contributed by atoms with Crippen LogP contribution in [0.15, 0.2) is 36.4 Å². The van der Waals surface area contributed by atoms with E-state index < -0.39 is 0 Å². The molecular weight excluding hydrogens is 348 g/mol. The zero-order valence-electron chi connectivity index (χ0n) is 17.8. The third-order valence-corrected chi connectivity index (χ3v) is 5.75. The second-order valence-electron chi connectivity index (χ2n) is 8.16. The van der Waals surface area contributed by atoms with Crippen molar-refractivity contribution in [2.75, 3.05) is 26.2 Å². The fourth-order valence-corrected chi connectivity index (χ4v) is 4.25. The predicted molar refractivity (Wildman–Crippen MR) is 113 cm³/mol. The van der Waals surface area contributed by atoms with Gasteiger partial charge in [-0.1, -0.05) is 51.1 Å². The van der Waals surface area contributed by atoms with Crippen LogP contribution in [0.1, 0.15) is 61.4 Å². The number of amides is 1. The van der Waals surface area contributed by atoms with Crippen molar-refractivity contribution in [2.24, 2.45) is 5.92 Å². The third-order valence-electron chi connectivity index (χ3n) is 5.75. The average molecular weight is 383 g/mol. The second-order valence-corrected chi connectivity index (χ2v) is 8.16. The van der Waals surface area contributed by atoms with E-state index in [9.17, 15) is 4.79 Å². The Bertz CT molecular complexity index is 766. The summed E-state index contributed by atoms with van der Waals surface area (Å²) in [6, 6.07) is 12.9. The van der Waals surface area contributed by atoms with Gasteiger partial charge in [-0.05, 0) is 37.3 Å². The molecule has 1 aromatic carbocycles. The predicted octanol–water partition coefficient (Wildman–Crippen LogP) is 4.15. The second kappa shape index (κ2) is 9.37. The van der Waals surface area contributed by atoms with Gasteiger partial charge in [0, 0.05) is 38.4 Å². The van der Waals surface area contributed by atoms with Gasteiger partial charge in [0.2, 0.25) is 0 Å². The van der Waals surface area contributed by atoms with E-state index in [0.29, 0.717) is 17.7 Å². The maximum absolute atomic E-state index is 13.2. The lowest BCUT2D eigenvalue weighted by Crippen LogP contribution is -2.36. The molecule has 1 aliphatic rings. The molecule has 28 heavy (non-hydrogen) atoms. The molecule has 0 N–H and O–H groups in total. The molecule has 0 radical (unpaired) electrons. The number of nitrogens with zero attached hydrogens (tertiary/aromatic N) is 4. The van der Waals surface area contributed by atoms with Crippen LogP contribution in [-0.2, 0) is 6.54 Å². The van der Waals surface area contributed by atoms with Crippen molar-refractivity contribution in [1.29, 1.82) is 0 Å². The molecular formula is C23H34N4O. The first kappa shape index (κ1) is 20.6. The topological polar surface area (TPSA) is 41.4 Å². The highest BCUT2D eigenvalue weighted by molar-refractivity contribution is 5.92. The van der Waals surface area contributed by atoms with Crippen LogP contribution in [-0.4, -0.2) is 51.7 Å². The molecule has 0 saturated carbocycles. The standard InChI is InChI=1S/C23H34N4O/c1-5-21(6-2)27-19(4)14-22(24-27)23(28)26-13-12-25(15-18(3)16-26)17-20-10-8-7-9-11-20/h7-11,14,18,21H,5-6,12-13,15-17H2,1-4H3. The third kappa shape index (κ3) is 4.82. The molecule has 1 amide bonds. The number of carbonyl (C=O) groups excluding carboxylic acids is 1. The smallest absolute Gasteiger partial charge is 0.274 e. The Hall–Kier alpha value is -2.14. The molecule has 2 aromatic rings. The minimum atomic E-state index is 0.0706. The van der Waals surface area contributed by atoms with E-state index >= 15 is 0 Å². The van der Waals surface area contributed by atoms with Crippen LogP contribution in [0.5, 0.6) is 0 Å². The molecule has 0 spiro atoms. The van der Waals surface area contributed by atoms with Crippen LogP contribution in [0.3, 0.4) is 0 Å². The Labute approximate surface area is 169 Å². The van der Waals surface area contributed by atoms with Crippen LogP contribution in [0.4, 0.5) is 0 Å². The zero-order valence-corrected chi connectivity index (χ0v) is 17.8. The van der Waals surface area contributed by atoms with E-state index in [4.69, 9.17) is 0 Å². The van der Waals surface area contributed by atoms with E-state index in [-0.39, 0.29) is 5.91 Å². The van der Waals surface area contributed by atoms with E-state index in [2.05, 4.69) is 68.0 Å². The van der Waals surface area contributed by atoms with E-state index in [1.54, 1.807) is 0 Å². The highest BCUT2D eigenvalue weighted by Gasteiger charge is 2.26. The minimum Gasteiger partial charge on any atom is -0.336 e. The molecule has 5 nitrogen and oxygen atoms in total. The fourth-order valence-electron chi connectivity index (χ4n) is 4.25. The number of aromatic nitrogens is 2. The summed E-state index contributed by atoms with van der Waals surface area (Å²) in [4.78, 5) is 17.6. The van der Waals surface area contributed by atoms with Gasteiger partial charge in [-0.25, -0.2) is 0 Å². The Balaban J connectivity index is 1.68. The summed E-state index contributed by atoms with van der Waals surface area (Å²) >= 11 is 0. The van der Waals surface area contributed by atoms with Gasteiger partial charge in [-0.2, -0.15) is 5.10 Å². The zero-order chi connectivity index (χ0) is 20.1. The lowest BCUT2D eigenvalue weighted by Gasteiger charge is -2.21. The summed E-state index contributed by atoms with van der Waals surface area (Å²) in [7, 11) is 0. The summed E-state index contributed by atoms with van der Waals surface area (Å²) in [6.45, 7) is 13.0. The molecule has 152 valence electrons. The average Bonchev–Trinajstić information content (AvgIpc) is 2.97. The van der Waals surface area contributed by atoms with Crippen molar-refractivity contribution in [3.05, 3.63) is 53.3 Å². The van der Waals surface area contributed by atoms with Crippen molar-refractivity contribution in [3.8, 4) is 0 Å². The summed E-state index contributed by atoms with van der Waals surface area (Å²) in [5.41, 5.74) is 2.99. The molecule has 1 unspecified atom stereocenters. The molecule has 1 aromatic heterocycles. The van der Waals surface area contributed by atoms with Crippen molar-refractivity contribution < 1.29 is 4.79 Å². The molecule has 2 heterocycles. The molecule has 1 atom stereocenters. The normalized spacial score (nSPS) is 18.5. The van der Waals surface area contributed by atoms with Gasteiger partial charge in [0.15, 0.2) is 5.69 Å². The largest absolute Gasteiger partial charge is 0.336 e. The maximum atomic E-state index is 13.2. The van der Waals surface area contributed by atoms with Gasteiger partial charge in [0.05, 0.1) is 6.04 Å². The molecule has 1 fully saturated rings. The first-order chi connectivity index (χ1) is 13.5. The first-order valence-electron chi connectivity index (χ1n) is 10.6. The highest BCUT2D eigenvalue weighted by Crippen LogP contribution is 2.20. The number of rotatable bonds is 6. The Morgan fingerprint density at radius 3 is 2.54 bits per heavy atom. The molecule has 0 aliphatic carbocycles. The molecule has 1 saturated heterocycles. The number of aryl methyl sites for hydroxylation is 1. The summed E-state index contributed by atoms with van der Waals surface area (Å²) < 4.78 is 2.04. The molecule has 5 heteroatoms. The Morgan fingerprint density at radius 1 is 1.14 bits per heavy atom. The van der Waals surface area contributed by atoms with E-state index in [0.717, 1.165) is 51.3 Å². The maximum Gasteiger partial charge on any atom is 0.274 e. The van der Waals surface area contributed by atoms with Crippen molar-refractivity contribution in [2.45, 2.75) is 53.1 Å². The number of benzene rings is 1. The molecule has 1 aliphatic heterocycles. The van der Waals surface area contributed by atoms with Crippen LogP contribution < -0.4 is 0 Å². The first-order valence-corrected chi connectivity index (χ1v) is 10.6. The Kier molecular flexibility index (Phi) is 6.89. The Morgan fingerprint density at radius 2 is 1.86 bits per heavy atom. The van der Waals surface area contributed by atoms with Crippen LogP contribution >= 0.6 is 0 Å². The SMILES string of the molecule is CCC(CC)n1nc(C(=O)N2CCN(Cc3ccccc3)CC(C)C2)cc1C. The number of hydrogen-bond donors (Lipinski definition) is 0.